The number of carbonyl (C=O) groups excluding carboxylic acids is 2. The first-order valence-electron chi connectivity index (χ1n) is 8.83. The molecule has 26 heavy (non-hydrogen) atoms. The van der Waals surface area contributed by atoms with E-state index in [4.69, 9.17) is 9.47 Å². The second-order valence-corrected chi connectivity index (χ2v) is 6.44. The Morgan fingerprint density at radius 3 is 2.96 bits per heavy atom. The van der Waals surface area contributed by atoms with Crippen molar-refractivity contribution < 1.29 is 19.1 Å². The van der Waals surface area contributed by atoms with E-state index >= 15 is 0 Å². The summed E-state index contributed by atoms with van der Waals surface area (Å²) < 4.78 is 11.1. The zero-order valence-electron chi connectivity index (χ0n) is 15.2. The van der Waals surface area contributed by atoms with Crippen molar-refractivity contribution in [3.8, 4) is 5.75 Å². The molecule has 2 heterocycles. The highest BCUT2D eigenvalue weighted by Gasteiger charge is 2.21. The lowest BCUT2D eigenvalue weighted by molar-refractivity contribution is -0.137. The Balaban J connectivity index is 1.46. The molecule has 138 valence electrons. The van der Waals surface area contributed by atoms with Crippen molar-refractivity contribution in [1.82, 2.24) is 4.90 Å². The number of likely N-dealkylation sites (N-methyl/N-ethyl adjacent to an activating group) is 1. The summed E-state index contributed by atoms with van der Waals surface area (Å²) in [5, 5.41) is 0. The van der Waals surface area contributed by atoms with Gasteiger partial charge in [-0.2, -0.15) is 0 Å². The van der Waals surface area contributed by atoms with Gasteiger partial charge in [0, 0.05) is 33.0 Å². The molecule has 2 amide bonds. The summed E-state index contributed by atoms with van der Waals surface area (Å²) in [5.74, 6) is 0.848. The number of allylic oxidation sites excluding steroid dienone is 2. The van der Waals surface area contributed by atoms with Crippen LogP contribution >= 0.6 is 0 Å². The smallest absolute Gasteiger partial charge is 0.227 e. The molecule has 0 saturated heterocycles. The molecule has 1 atom stereocenters. The van der Waals surface area contributed by atoms with Crippen LogP contribution in [0.15, 0.2) is 42.7 Å². The zero-order chi connectivity index (χ0) is 18.5. The fourth-order valence-corrected chi connectivity index (χ4v) is 3.03. The van der Waals surface area contributed by atoms with Gasteiger partial charge in [-0.25, -0.2) is 0 Å². The van der Waals surface area contributed by atoms with Crippen molar-refractivity contribution in [3.63, 3.8) is 0 Å². The van der Waals surface area contributed by atoms with Crippen LogP contribution in [0.5, 0.6) is 5.75 Å². The summed E-state index contributed by atoms with van der Waals surface area (Å²) >= 11 is 0. The molecule has 1 unspecified atom stereocenters. The molecule has 0 N–H and O–H groups in total. The highest BCUT2D eigenvalue weighted by Crippen LogP contribution is 2.30. The SMILES string of the molecule is CN1C(=O)CCc2ccc(OCCCC(=O)N(C)C3C=CC=CO3)cc21. The topological polar surface area (TPSA) is 59.1 Å². The van der Waals surface area contributed by atoms with Crippen LogP contribution < -0.4 is 9.64 Å². The number of anilines is 1. The summed E-state index contributed by atoms with van der Waals surface area (Å²) in [7, 11) is 3.52. The minimum atomic E-state index is -0.345. The first kappa shape index (κ1) is 18.0. The maximum absolute atomic E-state index is 12.2. The highest BCUT2D eigenvalue weighted by atomic mass is 16.5. The maximum Gasteiger partial charge on any atom is 0.227 e. The minimum absolute atomic E-state index is 0.00863. The Morgan fingerprint density at radius 1 is 1.35 bits per heavy atom. The largest absolute Gasteiger partial charge is 0.494 e. The standard InChI is InChI=1S/C20H24N2O4/c1-21-17-14-16(10-8-15(17)9-11-19(21)24)25-13-5-6-18(23)22(2)20-7-3-4-12-26-20/h3-4,7-8,10,12,14,20H,5-6,9,11,13H2,1-2H3. The van der Waals surface area contributed by atoms with Crippen LogP contribution in [0.1, 0.15) is 24.8 Å². The summed E-state index contributed by atoms with van der Waals surface area (Å²) in [6.45, 7) is 0.442. The van der Waals surface area contributed by atoms with E-state index in [1.807, 2.05) is 30.4 Å². The molecular formula is C20H24N2O4. The number of carbonyl (C=O) groups is 2. The highest BCUT2D eigenvalue weighted by molar-refractivity contribution is 5.96. The Morgan fingerprint density at radius 2 is 2.19 bits per heavy atom. The lowest BCUT2D eigenvalue weighted by atomic mass is 10.0. The summed E-state index contributed by atoms with van der Waals surface area (Å²) in [6, 6.07) is 5.82. The molecule has 0 aliphatic carbocycles. The van der Waals surface area contributed by atoms with E-state index in [0.717, 1.165) is 23.4 Å². The molecule has 0 fully saturated rings. The third-order valence-corrected chi connectivity index (χ3v) is 4.66. The molecule has 0 bridgehead atoms. The number of fused-ring (bicyclic) bond motifs is 1. The number of hydrogen-bond acceptors (Lipinski definition) is 4. The van der Waals surface area contributed by atoms with Crippen molar-refractivity contribution >= 4 is 17.5 Å². The van der Waals surface area contributed by atoms with Gasteiger partial charge in [-0.15, -0.1) is 0 Å². The van der Waals surface area contributed by atoms with Gasteiger partial charge in [0.1, 0.15) is 5.75 Å². The number of rotatable bonds is 6. The minimum Gasteiger partial charge on any atom is -0.494 e. The third kappa shape index (κ3) is 4.07. The second kappa shape index (κ2) is 8.08. The summed E-state index contributed by atoms with van der Waals surface area (Å²) in [5.41, 5.74) is 2.06. The van der Waals surface area contributed by atoms with E-state index < -0.39 is 0 Å². The van der Waals surface area contributed by atoms with E-state index in [2.05, 4.69) is 0 Å². The molecule has 1 aromatic rings. The average molecular weight is 356 g/mol. The summed E-state index contributed by atoms with van der Waals surface area (Å²) in [4.78, 5) is 27.3. The Kier molecular flexibility index (Phi) is 5.61. The molecule has 0 saturated carbocycles. The van der Waals surface area contributed by atoms with Crippen LogP contribution in [-0.4, -0.2) is 43.6 Å². The monoisotopic (exact) mass is 356 g/mol. The van der Waals surface area contributed by atoms with Gasteiger partial charge in [-0.1, -0.05) is 12.1 Å². The fourth-order valence-electron chi connectivity index (χ4n) is 3.03. The predicted molar refractivity (Wildman–Crippen MR) is 98.8 cm³/mol. The van der Waals surface area contributed by atoms with Crippen LogP contribution in [0.2, 0.25) is 0 Å². The Hall–Kier alpha value is -2.76. The molecule has 2 aliphatic heterocycles. The van der Waals surface area contributed by atoms with Crippen LogP contribution in [0.25, 0.3) is 0 Å². The molecule has 0 radical (unpaired) electrons. The number of amides is 2. The molecule has 6 heteroatoms. The molecule has 6 nitrogen and oxygen atoms in total. The van der Waals surface area contributed by atoms with Gasteiger partial charge in [0.25, 0.3) is 0 Å². The first-order valence-corrected chi connectivity index (χ1v) is 8.83. The first-order chi connectivity index (χ1) is 12.6. The van der Waals surface area contributed by atoms with Crippen molar-refractivity contribution in [2.24, 2.45) is 0 Å². The van der Waals surface area contributed by atoms with Crippen LogP contribution in [0.4, 0.5) is 5.69 Å². The van der Waals surface area contributed by atoms with Crippen molar-refractivity contribution in [1.29, 1.82) is 0 Å². The average Bonchev–Trinajstić information content (AvgIpc) is 2.68. The number of ether oxygens (including phenoxy) is 2. The number of aryl methyl sites for hydroxylation is 1. The zero-order valence-corrected chi connectivity index (χ0v) is 15.2. The normalized spacial score (nSPS) is 18.3. The predicted octanol–water partition coefficient (Wildman–Crippen LogP) is 2.64. The summed E-state index contributed by atoms with van der Waals surface area (Å²) in [6.07, 6.45) is 9.03. The van der Waals surface area contributed by atoms with E-state index in [1.165, 1.54) is 0 Å². The number of nitrogens with zero attached hydrogens (tertiary/aromatic N) is 2. The van der Waals surface area contributed by atoms with Gasteiger partial charge >= 0.3 is 0 Å². The molecule has 1 aromatic carbocycles. The molecular weight excluding hydrogens is 332 g/mol. The number of benzene rings is 1. The van der Waals surface area contributed by atoms with E-state index in [9.17, 15) is 9.59 Å². The van der Waals surface area contributed by atoms with E-state index in [1.54, 1.807) is 36.2 Å². The van der Waals surface area contributed by atoms with Crippen LogP contribution in [0.3, 0.4) is 0 Å². The van der Waals surface area contributed by atoms with Gasteiger partial charge in [-0.3, -0.25) is 9.59 Å². The lowest BCUT2D eigenvalue weighted by Gasteiger charge is -2.26. The lowest BCUT2D eigenvalue weighted by Crippen LogP contribution is -2.37. The Bertz CT molecular complexity index is 741. The fraction of sp³-hybridized carbons (Fsp3) is 0.400. The van der Waals surface area contributed by atoms with Crippen molar-refractivity contribution in [2.45, 2.75) is 31.9 Å². The van der Waals surface area contributed by atoms with E-state index in [0.29, 0.717) is 25.9 Å². The number of hydrogen-bond donors (Lipinski definition) is 0. The van der Waals surface area contributed by atoms with Gasteiger partial charge < -0.3 is 19.3 Å². The van der Waals surface area contributed by atoms with Gasteiger partial charge in [0.15, 0.2) is 6.23 Å². The quantitative estimate of drug-likeness (QED) is 0.735. The van der Waals surface area contributed by atoms with E-state index in [-0.39, 0.29) is 18.0 Å². The van der Waals surface area contributed by atoms with Gasteiger partial charge in [0.2, 0.25) is 11.8 Å². The Labute approximate surface area is 153 Å². The van der Waals surface area contributed by atoms with Gasteiger partial charge in [0.05, 0.1) is 18.6 Å². The molecule has 0 aromatic heterocycles. The maximum atomic E-state index is 12.2. The molecule has 3 rings (SSSR count). The van der Waals surface area contributed by atoms with Crippen molar-refractivity contribution in [3.05, 3.63) is 48.3 Å². The van der Waals surface area contributed by atoms with Crippen LogP contribution in [0, 0.1) is 0 Å². The molecule has 0 spiro atoms. The van der Waals surface area contributed by atoms with Gasteiger partial charge in [-0.05, 0) is 36.6 Å². The molecule has 2 aliphatic rings. The van der Waals surface area contributed by atoms with Crippen LogP contribution in [-0.2, 0) is 20.7 Å². The third-order valence-electron chi connectivity index (χ3n) is 4.66. The second-order valence-electron chi connectivity index (χ2n) is 6.44. The van der Waals surface area contributed by atoms with Crippen molar-refractivity contribution in [2.75, 3.05) is 25.6 Å².